The number of hydrogen-bond donors (Lipinski definition) is 1. The molecule has 2 saturated heterocycles. The molecule has 0 bridgehead atoms. The van der Waals surface area contributed by atoms with Crippen LogP contribution in [0.5, 0.6) is 0 Å². The minimum atomic E-state index is -0.951. The Morgan fingerprint density at radius 3 is 2.58 bits per heavy atom. The number of hydrogen-bond acceptors (Lipinski definition) is 3. The lowest BCUT2D eigenvalue weighted by Gasteiger charge is -2.28. The van der Waals surface area contributed by atoms with E-state index in [4.69, 9.17) is 11.6 Å². The fraction of sp³-hybridized carbons (Fsp3) is 0.579. The predicted molar refractivity (Wildman–Crippen MR) is 94.7 cm³/mol. The number of carbonyl (C=O) groups is 2. The quantitative estimate of drug-likeness (QED) is 0.875. The normalized spacial score (nSPS) is 29.3. The molecule has 2 heterocycles. The van der Waals surface area contributed by atoms with Crippen LogP contribution in [0.1, 0.15) is 36.0 Å². The molecule has 26 heavy (non-hydrogen) atoms. The van der Waals surface area contributed by atoms with Crippen molar-refractivity contribution in [1.29, 1.82) is 0 Å². The standard InChI is InChI=1S/C19H22ClFN2O3/c20-13-5-6-16(21)15(7-13)17(24)23-9-12-8-22(14-3-1-2-4-14)10-19(12,11-23)18(25)26/h5-7,12,14H,1-4,8-11H2,(H,25,26)/t12-,19-/m1/s1. The number of carboxylic acids is 1. The van der Waals surface area contributed by atoms with Gasteiger partial charge in [-0.25, -0.2) is 4.39 Å². The molecular formula is C19H22ClFN2O3. The zero-order valence-corrected chi connectivity index (χ0v) is 15.2. The van der Waals surface area contributed by atoms with Gasteiger partial charge in [-0.2, -0.15) is 0 Å². The van der Waals surface area contributed by atoms with Gasteiger partial charge in [0.05, 0.1) is 5.56 Å². The number of rotatable bonds is 3. The highest BCUT2D eigenvalue weighted by molar-refractivity contribution is 6.31. The monoisotopic (exact) mass is 380 g/mol. The zero-order valence-electron chi connectivity index (χ0n) is 14.5. The van der Waals surface area contributed by atoms with E-state index < -0.39 is 23.1 Å². The molecule has 1 aromatic carbocycles. The Morgan fingerprint density at radius 1 is 1.19 bits per heavy atom. The number of nitrogens with zero attached hydrogens (tertiary/aromatic N) is 2. The maximum Gasteiger partial charge on any atom is 0.313 e. The Hall–Kier alpha value is -1.66. The fourth-order valence-corrected chi connectivity index (χ4v) is 5.11. The van der Waals surface area contributed by atoms with Gasteiger partial charge in [-0.05, 0) is 31.0 Å². The smallest absolute Gasteiger partial charge is 0.313 e. The SMILES string of the molecule is O=C(c1cc(Cl)ccc1F)N1C[C@H]2CN(C3CCCC3)C[C@@]2(C(=O)O)C1. The molecule has 7 heteroatoms. The highest BCUT2D eigenvalue weighted by atomic mass is 35.5. The lowest BCUT2D eigenvalue weighted by Crippen LogP contribution is -2.43. The fourth-order valence-electron chi connectivity index (χ4n) is 4.94. The summed E-state index contributed by atoms with van der Waals surface area (Å²) in [6.45, 7) is 1.64. The number of carboxylic acid groups (broad SMARTS) is 1. The Labute approximate surface area is 156 Å². The van der Waals surface area contributed by atoms with Gasteiger partial charge < -0.3 is 10.0 Å². The molecule has 1 N–H and O–H groups in total. The van der Waals surface area contributed by atoms with E-state index in [0.29, 0.717) is 25.7 Å². The lowest BCUT2D eigenvalue weighted by molar-refractivity contribution is -0.148. The third-order valence-corrected chi connectivity index (χ3v) is 6.58. The lowest BCUT2D eigenvalue weighted by atomic mass is 9.81. The van der Waals surface area contributed by atoms with Crippen LogP contribution in [-0.4, -0.2) is 59.0 Å². The van der Waals surface area contributed by atoms with Gasteiger partial charge in [-0.15, -0.1) is 0 Å². The second kappa shape index (κ2) is 6.50. The van der Waals surface area contributed by atoms with Crippen LogP contribution >= 0.6 is 11.6 Å². The Balaban J connectivity index is 1.55. The van der Waals surface area contributed by atoms with Crippen LogP contribution in [0.2, 0.25) is 5.02 Å². The molecule has 2 aliphatic heterocycles. The maximum absolute atomic E-state index is 14.1. The first kappa shape index (κ1) is 17.7. The van der Waals surface area contributed by atoms with Crippen molar-refractivity contribution in [3.63, 3.8) is 0 Å². The van der Waals surface area contributed by atoms with E-state index in [2.05, 4.69) is 4.90 Å². The molecule has 0 unspecified atom stereocenters. The van der Waals surface area contributed by atoms with Gasteiger partial charge in [0, 0.05) is 43.2 Å². The van der Waals surface area contributed by atoms with Gasteiger partial charge in [-0.1, -0.05) is 24.4 Å². The molecule has 5 nitrogen and oxygen atoms in total. The van der Waals surface area contributed by atoms with E-state index in [0.717, 1.165) is 12.8 Å². The summed E-state index contributed by atoms with van der Waals surface area (Å²) in [6, 6.07) is 4.34. The van der Waals surface area contributed by atoms with Crippen molar-refractivity contribution in [2.75, 3.05) is 26.2 Å². The largest absolute Gasteiger partial charge is 0.481 e. The number of likely N-dealkylation sites (tertiary alicyclic amines) is 2. The first-order valence-electron chi connectivity index (χ1n) is 9.12. The van der Waals surface area contributed by atoms with E-state index in [1.54, 1.807) is 0 Å². The van der Waals surface area contributed by atoms with Gasteiger partial charge in [-0.3, -0.25) is 14.5 Å². The zero-order chi connectivity index (χ0) is 18.5. The van der Waals surface area contributed by atoms with Crippen LogP contribution < -0.4 is 0 Å². The van der Waals surface area contributed by atoms with Crippen LogP contribution in [0.25, 0.3) is 0 Å². The summed E-state index contributed by atoms with van der Waals surface area (Å²) in [5.74, 6) is -2.09. The topological polar surface area (TPSA) is 60.9 Å². The first-order chi connectivity index (χ1) is 12.4. The summed E-state index contributed by atoms with van der Waals surface area (Å²) in [4.78, 5) is 28.7. The molecule has 0 spiro atoms. The Bertz CT molecular complexity index is 752. The van der Waals surface area contributed by atoms with E-state index >= 15 is 0 Å². The molecule has 1 aliphatic carbocycles. The van der Waals surface area contributed by atoms with Crippen LogP contribution in [0.4, 0.5) is 4.39 Å². The van der Waals surface area contributed by atoms with Crippen LogP contribution in [0.3, 0.4) is 0 Å². The summed E-state index contributed by atoms with van der Waals surface area (Å²) < 4.78 is 14.1. The molecule has 1 aromatic rings. The second-order valence-corrected chi connectivity index (χ2v) is 8.27. The van der Waals surface area contributed by atoms with Crippen LogP contribution in [-0.2, 0) is 4.79 Å². The van der Waals surface area contributed by atoms with Gasteiger partial charge in [0.1, 0.15) is 11.2 Å². The summed E-state index contributed by atoms with van der Waals surface area (Å²) in [5, 5.41) is 10.2. The molecular weight excluding hydrogens is 359 g/mol. The van der Waals surface area contributed by atoms with Crippen molar-refractivity contribution in [2.45, 2.75) is 31.7 Å². The predicted octanol–water partition coefficient (Wildman–Crippen LogP) is 2.88. The van der Waals surface area contributed by atoms with Gasteiger partial charge in [0.15, 0.2) is 0 Å². The molecule has 3 fully saturated rings. The molecule has 3 aliphatic rings. The summed E-state index contributed by atoms with van der Waals surface area (Å²) in [6.07, 6.45) is 4.65. The minimum Gasteiger partial charge on any atom is -0.481 e. The maximum atomic E-state index is 14.1. The van der Waals surface area contributed by atoms with Crippen molar-refractivity contribution in [3.8, 4) is 0 Å². The number of aliphatic carboxylic acids is 1. The molecule has 140 valence electrons. The third kappa shape index (κ3) is 2.79. The van der Waals surface area contributed by atoms with Crippen LogP contribution in [0, 0.1) is 17.2 Å². The van der Waals surface area contributed by atoms with Gasteiger partial charge in [0.25, 0.3) is 5.91 Å². The summed E-state index contributed by atoms with van der Waals surface area (Å²) in [5.41, 5.74) is -1.04. The van der Waals surface area contributed by atoms with Crippen molar-refractivity contribution in [3.05, 3.63) is 34.6 Å². The molecule has 0 radical (unpaired) electrons. The number of amides is 1. The Morgan fingerprint density at radius 2 is 1.92 bits per heavy atom. The Kier molecular flexibility index (Phi) is 4.43. The van der Waals surface area contributed by atoms with E-state index in [-0.39, 0.29) is 23.0 Å². The van der Waals surface area contributed by atoms with E-state index in [1.807, 2.05) is 0 Å². The van der Waals surface area contributed by atoms with Gasteiger partial charge in [0.2, 0.25) is 0 Å². The second-order valence-electron chi connectivity index (χ2n) is 7.84. The molecule has 0 aromatic heterocycles. The van der Waals surface area contributed by atoms with Crippen molar-refractivity contribution >= 4 is 23.5 Å². The summed E-state index contributed by atoms with van der Waals surface area (Å²) >= 11 is 5.89. The molecule has 4 rings (SSSR count). The van der Waals surface area contributed by atoms with Crippen molar-refractivity contribution in [1.82, 2.24) is 9.80 Å². The van der Waals surface area contributed by atoms with E-state index in [1.165, 1.54) is 35.9 Å². The van der Waals surface area contributed by atoms with Crippen molar-refractivity contribution in [2.24, 2.45) is 11.3 Å². The first-order valence-corrected chi connectivity index (χ1v) is 9.50. The van der Waals surface area contributed by atoms with Crippen LogP contribution in [0.15, 0.2) is 18.2 Å². The molecule has 1 amide bonds. The highest BCUT2D eigenvalue weighted by Gasteiger charge is 2.59. The number of fused-ring (bicyclic) bond motifs is 1. The molecule has 1 saturated carbocycles. The highest BCUT2D eigenvalue weighted by Crippen LogP contribution is 2.45. The van der Waals surface area contributed by atoms with Crippen molar-refractivity contribution < 1.29 is 19.1 Å². The average molecular weight is 381 g/mol. The summed E-state index contributed by atoms with van der Waals surface area (Å²) in [7, 11) is 0. The average Bonchev–Trinajstić information content (AvgIpc) is 3.29. The molecule has 2 atom stereocenters. The van der Waals surface area contributed by atoms with E-state index in [9.17, 15) is 19.1 Å². The number of benzene rings is 1. The minimum absolute atomic E-state index is 0.0920. The van der Waals surface area contributed by atoms with Gasteiger partial charge >= 0.3 is 5.97 Å². The number of carbonyl (C=O) groups excluding carboxylic acids is 1. The third-order valence-electron chi connectivity index (χ3n) is 6.35. The number of halogens is 2.